The van der Waals surface area contributed by atoms with Gasteiger partial charge in [-0.3, -0.25) is 28.9 Å². The van der Waals surface area contributed by atoms with Gasteiger partial charge in [-0.15, -0.1) is 0 Å². The summed E-state index contributed by atoms with van der Waals surface area (Å²) in [6.45, 7) is 5.35. The summed E-state index contributed by atoms with van der Waals surface area (Å²) >= 11 is 0. The maximum Gasteiger partial charge on any atom is 0.295 e. The number of hydrogen-bond donors (Lipinski definition) is 1. The van der Waals surface area contributed by atoms with E-state index >= 15 is 0 Å². The summed E-state index contributed by atoms with van der Waals surface area (Å²) in [5.41, 5.74) is -0.270. The lowest BCUT2D eigenvalue weighted by molar-refractivity contribution is -0.126. The topological polar surface area (TPSA) is 102 Å². The molecule has 0 unspecified atom stereocenters. The first kappa shape index (κ1) is 25.3. The molecule has 1 atom stereocenters. The van der Waals surface area contributed by atoms with Gasteiger partial charge < -0.3 is 5.32 Å². The van der Waals surface area contributed by atoms with Gasteiger partial charge in [-0.05, 0) is 45.2 Å². The Hall–Kier alpha value is -3.75. The Balaban J connectivity index is 1.87. The Bertz CT molecular complexity index is 1280. The third kappa shape index (κ3) is 4.57. The monoisotopic (exact) mass is 490 g/mol. The highest BCUT2D eigenvalue weighted by Crippen LogP contribution is 2.31. The van der Waals surface area contributed by atoms with Crippen LogP contribution in [0.25, 0.3) is 5.69 Å². The number of para-hydroxylation sites is 1. The molecule has 4 rings (SSSR count). The van der Waals surface area contributed by atoms with Gasteiger partial charge in [-0.2, -0.15) is 0 Å². The molecule has 1 saturated carbocycles. The number of anilines is 1. The lowest BCUT2D eigenvalue weighted by Crippen LogP contribution is -2.61. The number of carbonyl (C=O) groups excluding carboxylic acids is 2. The summed E-state index contributed by atoms with van der Waals surface area (Å²) in [6.07, 6.45) is 9.68. The number of nitrogens with one attached hydrogen (secondary N) is 1. The third-order valence-corrected chi connectivity index (χ3v) is 7.34. The van der Waals surface area contributed by atoms with Crippen molar-refractivity contribution in [3.05, 3.63) is 70.7 Å². The smallest absolute Gasteiger partial charge is 0.295 e. The van der Waals surface area contributed by atoms with Gasteiger partial charge in [-0.1, -0.05) is 44.4 Å². The summed E-state index contributed by atoms with van der Waals surface area (Å²) in [5.74, 6) is -0.819. The Morgan fingerprint density at radius 2 is 1.83 bits per heavy atom. The molecule has 1 N–H and O–H groups in total. The lowest BCUT2D eigenvalue weighted by Gasteiger charge is -2.40. The molecule has 1 aliphatic carbocycles. The van der Waals surface area contributed by atoms with Crippen LogP contribution < -0.4 is 15.8 Å². The van der Waals surface area contributed by atoms with Gasteiger partial charge in [0.25, 0.3) is 11.5 Å². The van der Waals surface area contributed by atoms with Crippen molar-refractivity contribution in [2.45, 2.75) is 70.9 Å². The van der Waals surface area contributed by atoms with E-state index in [1.54, 1.807) is 25.6 Å². The molecule has 3 aromatic rings. The highest BCUT2D eigenvalue weighted by molar-refractivity contribution is 6.10. The second-order valence-electron chi connectivity index (χ2n) is 9.58. The highest BCUT2D eigenvalue weighted by atomic mass is 16.2. The minimum atomic E-state index is -1.33. The maximum absolute atomic E-state index is 14.0. The van der Waals surface area contributed by atoms with Crippen LogP contribution >= 0.6 is 0 Å². The van der Waals surface area contributed by atoms with Crippen molar-refractivity contribution in [3.63, 3.8) is 0 Å². The van der Waals surface area contributed by atoms with Crippen molar-refractivity contribution in [2.24, 2.45) is 7.05 Å². The fourth-order valence-electron chi connectivity index (χ4n) is 4.92. The average Bonchev–Trinajstić information content (AvgIpc) is 3.13. The molecule has 0 bridgehead atoms. The summed E-state index contributed by atoms with van der Waals surface area (Å²) < 4.78 is 3.22. The number of nitrogens with zero attached hydrogens (tertiary/aromatic N) is 5. The number of amides is 2. The highest BCUT2D eigenvalue weighted by Gasteiger charge is 2.46. The minimum Gasteiger partial charge on any atom is -0.351 e. The molecule has 1 aromatic carbocycles. The molecule has 9 nitrogen and oxygen atoms in total. The van der Waals surface area contributed by atoms with E-state index in [0.717, 1.165) is 32.1 Å². The van der Waals surface area contributed by atoms with E-state index in [9.17, 15) is 14.4 Å². The van der Waals surface area contributed by atoms with E-state index in [-0.39, 0.29) is 28.9 Å². The number of hydrogen-bond acceptors (Lipinski definition) is 5. The van der Waals surface area contributed by atoms with Gasteiger partial charge in [0.2, 0.25) is 5.91 Å². The first-order chi connectivity index (χ1) is 17.3. The minimum absolute atomic E-state index is 0.0587. The molecule has 2 amide bonds. The molecule has 1 fully saturated rings. The molecular weight excluding hydrogens is 456 g/mol. The lowest BCUT2D eigenvalue weighted by atomic mass is 9.90. The predicted octanol–water partition coefficient (Wildman–Crippen LogP) is 3.54. The molecule has 0 spiro atoms. The van der Waals surface area contributed by atoms with Crippen LogP contribution in [-0.4, -0.2) is 42.7 Å². The van der Waals surface area contributed by atoms with Crippen molar-refractivity contribution < 1.29 is 9.59 Å². The van der Waals surface area contributed by atoms with Crippen LogP contribution in [0.5, 0.6) is 0 Å². The molecule has 0 saturated heterocycles. The van der Waals surface area contributed by atoms with E-state index in [2.05, 4.69) is 15.3 Å². The van der Waals surface area contributed by atoms with Crippen LogP contribution in [0.3, 0.4) is 0 Å². The molecule has 1 aliphatic rings. The molecule has 9 heteroatoms. The van der Waals surface area contributed by atoms with Crippen molar-refractivity contribution in [1.29, 1.82) is 0 Å². The normalized spacial score (nSPS) is 15.8. The quantitative estimate of drug-likeness (QED) is 0.546. The van der Waals surface area contributed by atoms with Crippen molar-refractivity contribution >= 4 is 17.5 Å². The maximum atomic E-state index is 14.0. The molecule has 2 aromatic heterocycles. The number of rotatable bonds is 7. The van der Waals surface area contributed by atoms with Crippen molar-refractivity contribution in [2.75, 3.05) is 4.90 Å². The summed E-state index contributed by atoms with van der Waals surface area (Å²) in [6, 6.07) is 9.28. The molecular formula is C27H34N6O3. The summed E-state index contributed by atoms with van der Waals surface area (Å²) in [7, 11) is 1.77. The van der Waals surface area contributed by atoms with Crippen LogP contribution in [0.2, 0.25) is 0 Å². The largest absolute Gasteiger partial charge is 0.351 e. The second-order valence-corrected chi connectivity index (χ2v) is 9.58. The molecule has 0 radical (unpaired) electrons. The predicted molar refractivity (Wildman–Crippen MR) is 138 cm³/mol. The number of aromatic nitrogens is 4. The van der Waals surface area contributed by atoms with Crippen LogP contribution in [0.15, 0.2) is 53.7 Å². The van der Waals surface area contributed by atoms with Gasteiger partial charge in [0.15, 0.2) is 0 Å². The average molecular weight is 491 g/mol. The van der Waals surface area contributed by atoms with Crippen LogP contribution in [-0.2, 0) is 11.8 Å². The molecule has 36 heavy (non-hydrogen) atoms. The Kier molecular flexibility index (Phi) is 7.37. The summed E-state index contributed by atoms with van der Waals surface area (Å²) in [5, 5.41) is 3.17. The van der Waals surface area contributed by atoms with E-state index < -0.39 is 11.4 Å². The number of benzene rings is 1. The first-order valence-corrected chi connectivity index (χ1v) is 12.5. The standard InChI is InChI=1S/C27H34N6O3/c1-5-27(3,26(36)30-20-12-8-6-9-13-20)32(24(34)22-18-28-16-17-29-22)23-19(2)31(4)33(25(23)35)21-14-10-7-11-15-21/h7,10-11,14-18,20H,5-6,8-9,12-13H2,1-4H3,(H,30,36)/t27-/m1/s1. The zero-order valence-electron chi connectivity index (χ0n) is 21.4. The molecule has 190 valence electrons. The first-order valence-electron chi connectivity index (χ1n) is 12.5. The van der Waals surface area contributed by atoms with Crippen LogP contribution in [0, 0.1) is 6.92 Å². The number of carbonyl (C=O) groups is 2. The fourth-order valence-corrected chi connectivity index (χ4v) is 4.92. The van der Waals surface area contributed by atoms with Crippen LogP contribution in [0.1, 0.15) is 68.6 Å². The zero-order valence-corrected chi connectivity index (χ0v) is 21.4. The van der Waals surface area contributed by atoms with Gasteiger partial charge >= 0.3 is 0 Å². The second kappa shape index (κ2) is 10.5. The SMILES string of the molecule is CC[C@](C)(C(=O)NC1CCCCC1)N(C(=O)c1cnccn1)c1c(C)n(C)n(-c2ccccc2)c1=O. The Morgan fingerprint density at radius 3 is 2.44 bits per heavy atom. The van der Waals surface area contributed by atoms with E-state index in [0.29, 0.717) is 17.8 Å². The summed E-state index contributed by atoms with van der Waals surface area (Å²) in [4.78, 5) is 51.4. The fraction of sp³-hybridized carbons (Fsp3) is 0.444. The van der Waals surface area contributed by atoms with Crippen molar-refractivity contribution in [3.8, 4) is 5.69 Å². The zero-order chi connectivity index (χ0) is 25.9. The van der Waals surface area contributed by atoms with Gasteiger partial charge in [0.05, 0.1) is 17.6 Å². The van der Waals surface area contributed by atoms with Gasteiger partial charge in [0.1, 0.15) is 16.9 Å². The van der Waals surface area contributed by atoms with Gasteiger partial charge in [0, 0.05) is 25.5 Å². The van der Waals surface area contributed by atoms with Crippen molar-refractivity contribution in [1.82, 2.24) is 24.6 Å². The Morgan fingerprint density at radius 1 is 1.14 bits per heavy atom. The Labute approximate surface area is 211 Å². The van der Waals surface area contributed by atoms with E-state index in [1.807, 2.05) is 37.3 Å². The third-order valence-electron chi connectivity index (χ3n) is 7.34. The van der Waals surface area contributed by atoms with Crippen LogP contribution in [0.4, 0.5) is 5.69 Å². The van der Waals surface area contributed by atoms with E-state index in [4.69, 9.17) is 0 Å². The van der Waals surface area contributed by atoms with E-state index in [1.165, 1.54) is 28.2 Å². The molecule has 2 heterocycles. The van der Waals surface area contributed by atoms with Gasteiger partial charge in [-0.25, -0.2) is 9.67 Å². The molecule has 0 aliphatic heterocycles.